The summed E-state index contributed by atoms with van der Waals surface area (Å²) in [5.41, 5.74) is 3.24. The third-order valence-corrected chi connectivity index (χ3v) is 6.59. The second-order valence-electron chi connectivity index (χ2n) is 8.93. The van der Waals surface area contributed by atoms with Gasteiger partial charge in [-0.05, 0) is 51.7 Å². The van der Waals surface area contributed by atoms with Gasteiger partial charge in [-0.3, -0.25) is 0 Å². The molecule has 3 heterocycles. The van der Waals surface area contributed by atoms with E-state index in [0.29, 0.717) is 37.5 Å². The fourth-order valence-electron chi connectivity index (χ4n) is 4.65. The molecule has 0 amide bonds. The molecule has 4 rings (SSSR count). The summed E-state index contributed by atoms with van der Waals surface area (Å²) in [7, 11) is 1.75. The van der Waals surface area contributed by atoms with Crippen LogP contribution in [0.2, 0.25) is 0 Å². The molecule has 0 spiro atoms. The van der Waals surface area contributed by atoms with Gasteiger partial charge in [-0.1, -0.05) is 0 Å². The summed E-state index contributed by atoms with van der Waals surface area (Å²) >= 11 is 0. The molecular formula is C22H34FN5O. The van der Waals surface area contributed by atoms with Crippen LogP contribution in [-0.2, 0) is 11.2 Å². The van der Waals surface area contributed by atoms with Crippen molar-refractivity contribution in [2.75, 3.05) is 43.5 Å². The van der Waals surface area contributed by atoms with E-state index in [1.807, 2.05) is 4.90 Å². The zero-order valence-corrected chi connectivity index (χ0v) is 18.1. The number of piperidine rings is 1. The third kappa shape index (κ3) is 4.40. The van der Waals surface area contributed by atoms with E-state index < -0.39 is 6.17 Å². The van der Waals surface area contributed by atoms with Gasteiger partial charge in [-0.25, -0.2) is 9.37 Å². The van der Waals surface area contributed by atoms with E-state index in [4.69, 9.17) is 14.7 Å². The number of hydrogen-bond donors (Lipinski definition) is 1. The fraction of sp³-hybridized carbons (Fsp3) is 0.727. The Balaban J connectivity index is 1.60. The Bertz CT molecular complexity index is 760. The lowest BCUT2D eigenvalue weighted by molar-refractivity contribution is 0.131. The number of likely N-dealkylation sites (tertiary alicyclic amines) is 1. The van der Waals surface area contributed by atoms with Gasteiger partial charge < -0.3 is 19.9 Å². The molecule has 0 radical (unpaired) electrons. The summed E-state index contributed by atoms with van der Waals surface area (Å²) in [5.74, 6) is 1.55. The monoisotopic (exact) mass is 403 g/mol. The number of anilines is 2. The summed E-state index contributed by atoms with van der Waals surface area (Å²) in [6.45, 7) is 9.86. The molecule has 0 bridgehead atoms. The lowest BCUT2D eigenvalue weighted by Gasteiger charge is -2.36. The number of ether oxygens (including phenoxy) is 1. The molecule has 0 aromatic carbocycles. The van der Waals surface area contributed by atoms with Crippen LogP contribution in [0.25, 0.3) is 6.08 Å². The van der Waals surface area contributed by atoms with Gasteiger partial charge in [-0.15, -0.1) is 0 Å². The van der Waals surface area contributed by atoms with Crippen molar-refractivity contribution in [3.05, 3.63) is 16.8 Å². The van der Waals surface area contributed by atoms with Crippen LogP contribution in [0, 0.1) is 0 Å². The van der Waals surface area contributed by atoms with Crippen molar-refractivity contribution in [3.63, 3.8) is 0 Å². The molecule has 1 aliphatic carbocycles. The van der Waals surface area contributed by atoms with Crippen LogP contribution < -0.4 is 10.2 Å². The van der Waals surface area contributed by atoms with Crippen LogP contribution in [-0.4, -0.2) is 72.5 Å². The van der Waals surface area contributed by atoms with Crippen LogP contribution in [0.5, 0.6) is 0 Å². The molecule has 1 aromatic heterocycles. The number of hydrogen-bond acceptors (Lipinski definition) is 6. The van der Waals surface area contributed by atoms with Crippen LogP contribution >= 0.6 is 0 Å². The Morgan fingerprint density at radius 1 is 1.17 bits per heavy atom. The Kier molecular flexibility index (Phi) is 6.06. The van der Waals surface area contributed by atoms with Crippen molar-refractivity contribution < 1.29 is 9.13 Å². The van der Waals surface area contributed by atoms with E-state index in [2.05, 4.69) is 37.1 Å². The molecule has 29 heavy (non-hydrogen) atoms. The lowest BCUT2D eigenvalue weighted by atomic mass is 9.93. The molecule has 7 heteroatoms. The first-order valence-corrected chi connectivity index (χ1v) is 11.0. The van der Waals surface area contributed by atoms with E-state index in [1.165, 1.54) is 5.57 Å². The molecule has 2 atom stereocenters. The molecule has 160 valence electrons. The maximum atomic E-state index is 13.8. The predicted octanol–water partition coefficient (Wildman–Crippen LogP) is 3.28. The molecule has 6 nitrogen and oxygen atoms in total. The van der Waals surface area contributed by atoms with Crippen LogP contribution in [0.4, 0.5) is 16.2 Å². The second kappa shape index (κ2) is 8.56. The van der Waals surface area contributed by atoms with Gasteiger partial charge in [0.2, 0.25) is 5.95 Å². The normalized spacial score (nSPS) is 26.0. The molecule has 2 saturated heterocycles. The highest BCUT2D eigenvalue weighted by atomic mass is 19.1. The highest BCUT2D eigenvalue weighted by Gasteiger charge is 2.30. The maximum absolute atomic E-state index is 13.8. The fourth-order valence-corrected chi connectivity index (χ4v) is 4.65. The van der Waals surface area contributed by atoms with E-state index in [1.54, 1.807) is 7.11 Å². The van der Waals surface area contributed by atoms with Gasteiger partial charge in [0.25, 0.3) is 0 Å². The number of aromatic nitrogens is 2. The number of methoxy groups -OCH3 is 1. The summed E-state index contributed by atoms with van der Waals surface area (Å²) in [5, 5.41) is 3.72. The lowest BCUT2D eigenvalue weighted by Crippen LogP contribution is -2.42. The van der Waals surface area contributed by atoms with Gasteiger partial charge in [0.1, 0.15) is 12.0 Å². The summed E-state index contributed by atoms with van der Waals surface area (Å²) < 4.78 is 19.5. The minimum absolute atomic E-state index is 0.0577. The third-order valence-electron chi connectivity index (χ3n) is 6.59. The van der Waals surface area contributed by atoms with Gasteiger partial charge in [0.15, 0.2) is 0 Å². The molecule has 1 aromatic rings. The quantitative estimate of drug-likeness (QED) is 0.814. The number of fused-ring (bicyclic) bond motifs is 1. The minimum Gasteiger partial charge on any atom is -0.377 e. The highest BCUT2D eigenvalue weighted by Crippen LogP contribution is 2.32. The van der Waals surface area contributed by atoms with Crippen molar-refractivity contribution in [3.8, 4) is 0 Å². The molecule has 1 unspecified atom stereocenters. The molecule has 2 fully saturated rings. The van der Waals surface area contributed by atoms with Crippen LogP contribution in [0.3, 0.4) is 0 Å². The second-order valence-corrected chi connectivity index (χ2v) is 8.93. The zero-order valence-electron chi connectivity index (χ0n) is 18.1. The Labute approximate surface area is 173 Å². The van der Waals surface area contributed by atoms with E-state index in [0.717, 1.165) is 49.4 Å². The van der Waals surface area contributed by atoms with Crippen molar-refractivity contribution in [1.29, 1.82) is 0 Å². The van der Waals surface area contributed by atoms with Crippen molar-refractivity contribution in [2.45, 2.75) is 70.8 Å². The summed E-state index contributed by atoms with van der Waals surface area (Å²) in [4.78, 5) is 14.2. The SMILES string of the molecule is COC1Cc2c(nc(N3CC[C@H](F)C3)nc2NC2CCN(C(C)C)CC2)C=C1C. The van der Waals surface area contributed by atoms with Gasteiger partial charge in [0.05, 0.1) is 18.3 Å². The van der Waals surface area contributed by atoms with Crippen LogP contribution in [0.1, 0.15) is 51.3 Å². The molecule has 1 N–H and O–H groups in total. The molecule has 0 saturated carbocycles. The number of rotatable bonds is 5. The smallest absolute Gasteiger partial charge is 0.227 e. The molecule has 3 aliphatic rings. The standard InChI is InChI=1S/C22H34FN5O/c1-14(2)27-9-6-17(7-10-27)24-21-18-12-20(29-4)15(3)11-19(18)25-22(26-21)28-8-5-16(23)13-28/h11,14,16-17,20H,5-10,12-13H2,1-4H3,(H,24,25,26)/t16-,20?/m0/s1. The van der Waals surface area contributed by atoms with Crippen molar-refractivity contribution >= 4 is 17.8 Å². The first-order chi connectivity index (χ1) is 13.9. The Morgan fingerprint density at radius 2 is 1.93 bits per heavy atom. The Hall–Kier alpha value is -1.73. The molecular weight excluding hydrogens is 369 g/mol. The predicted molar refractivity (Wildman–Crippen MR) is 115 cm³/mol. The van der Waals surface area contributed by atoms with E-state index in [9.17, 15) is 4.39 Å². The first kappa shape index (κ1) is 20.5. The van der Waals surface area contributed by atoms with Gasteiger partial charge in [0, 0.05) is 50.8 Å². The molecule has 2 aliphatic heterocycles. The maximum Gasteiger partial charge on any atom is 0.227 e. The van der Waals surface area contributed by atoms with Gasteiger partial charge in [-0.2, -0.15) is 4.98 Å². The average Bonchev–Trinajstić information content (AvgIpc) is 3.14. The van der Waals surface area contributed by atoms with E-state index in [-0.39, 0.29) is 6.10 Å². The zero-order chi connectivity index (χ0) is 20.5. The summed E-state index contributed by atoms with van der Waals surface area (Å²) in [6, 6.07) is 0.992. The van der Waals surface area contributed by atoms with Crippen molar-refractivity contribution in [1.82, 2.24) is 14.9 Å². The average molecular weight is 404 g/mol. The Morgan fingerprint density at radius 3 is 2.55 bits per heavy atom. The number of nitrogens with one attached hydrogen (secondary N) is 1. The minimum atomic E-state index is -0.790. The number of nitrogens with zero attached hydrogens (tertiary/aromatic N) is 4. The summed E-state index contributed by atoms with van der Waals surface area (Å²) in [6.07, 6.45) is 4.90. The van der Waals surface area contributed by atoms with Crippen LogP contribution in [0.15, 0.2) is 5.57 Å². The van der Waals surface area contributed by atoms with Gasteiger partial charge >= 0.3 is 0 Å². The largest absolute Gasteiger partial charge is 0.377 e. The first-order valence-electron chi connectivity index (χ1n) is 11.0. The highest BCUT2D eigenvalue weighted by molar-refractivity contribution is 5.66. The number of halogens is 1. The number of alkyl halides is 1. The topological polar surface area (TPSA) is 53.5 Å². The van der Waals surface area contributed by atoms with E-state index >= 15 is 0 Å². The van der Waals surface area contributed by atoms with Crippen molar-refractivity contribution in [2.24, 2.45) is 0 Å².